The minimum Gasteiger partial charge on any atom is -0.496 e. The molecule has 0 aliphatic heterocycles. The van der Waals surface area contributed by atoms with Crippen LogP contribution in [0.4, 0.5) is 0 Å². The fourth-order valence-electron chi connectivity index (χ4n) is 2.81. The summed E-state index contributed by atoms with van der Waals surface area (Å²) < 4.78 is 7.23. The molecule has 0 spiro atoms. The predicted molar refractivity (Wildman–Crippen MR) is 124 cm³/mol. The Bertz CT molecular complexity index is 863. The lowest BCUT2D eigenvalue weighted by atomic mass is 10.1. The highest BCUT2D eigenvalue weighted by Gasteiger charge is 2.03. The first-order valence-electron chi connectivity index (χ1n) is 8.95. The monoisotopic (exact) mass is 491 g/mol. The standard InChI is InChI=1S/C21H25N5O.HI/c1-22-21(24-16-18-6-3-4-7-20(18)27-2)23-14-12-17-8-10-19(11-9-17)26-15-5-13-25-26;/h3-11,13,15H,12,14,16H2,1-2H3,(H2,22,23,24);1H. The third kappa shape index (κ3) is 5.98. The molecular formula is C21H26IN5O. The second-order valence-electron chi connectivity index (χ2n) is 6.03. The van der Waals surface area contributed by atoms with Crippen molar-refractivity contribution in [3.05, 3.63) is 78.1 Å². The summed E-state index contributed by atoms with van der Waals surface area (Å²) in [5, 5.41) is 10.9. The SMILES string of the molecule is CN=C(NCCc1ccc(-n2cccn2)cc1)NCc1ccccc1OC.I. The molecule has 148 valence electrons. The van der Waals surface area contributed by atoms with Crippen LogP contribution in [-0.2, 0) is 13.0 Å². The summed E-state index contributed by atoms with van der Waals surface area (Å²) >= 11 is 0. The van der Waals surface area contributed by atoms with E-state index in [2.05, 4.69) is 45.0 Å². The van der Waals surface area contributed by atoms with Crippen molar-refractivity contribution in [2.75, 3.05) is 20.7 Å². The van der Waals surface area contributed by atoms with Crippen LogP contribution in [0.2, 0.25) is 0 Å². The molecule has 0 bridgehead atoms. The molecule has 6 nitrogen and oxygen atoms in total. The zero-order valence-corrected chi connectivity index (χ0v) is 18.5. The molecule has 0 unspecified atom stereocenters. The highest BCUT2D eigenvalue weighted by Crippen LogP contribution is 2.16. The maximum Gasteiger partial charge on any atom is 0.191 e. The molecule has 3 aromatic rings. The van der Waals surface area contributed by atoms with Gasteiger partial charge in [0.05, 0.1) is 12.8 Å². The third-order valence-electron chi connectivity index (χ3n) is 4.27. The molecule has 0 saturated carbocycles. The Morgan fingerprint density at radius 2 is 1.86 bits per heavy atom. The Morgan fingerprint density at radius 1 is 1.07 bits per heavy atom. The molecule has 3 rings (SSSR count). The van der Waals surface area contributed by atoms with Gasteiger partial charge in [-0.3, -0.25) is 4.99 Å². The third-order valence-corrected chi connectivity index (χ3v) is 4.27. The molecule has 0 atom stereocenters. The van der Waals surface area contributed by atoms with E-state index in [0.717, 1.165) is 35.9 Å². The zero-order chi connectivity index (χ0) is 18.9. The summed E-state index contributed by atoms with van der Waals surface area (Å²) in [6, 6.07) is 18.3. The van der Waals surface area contributed by atoms with E-state index in [1.165, 1.54) is 5.56 Å². The number of guanidine groups is 1. The summed E-state index contributed by atoms with van der Waals surface area (Å²) in [7, 11) is 3.46. The van der Waals surface area contributed by atoms with Gasteiger partial charge in [-0.15, -0.1) is 24.0 Å². The summed E-state index contributed by atoms with van der Waals surface area (Å²) in [5.41, 5.74) is 3.42. The molecule has 0 aliphatic rings. The Balaban J connectivity index is 0.00000280. The predicted octanol–water partition coefficient (Wildman–Crippen LogP) is 3.41. The summed E-state index contributed by atoms with van der Waals surface area (Å²) in [6.07, 6.45) is 4.63. The number of nitrogens with one attached hydrogen (secondary N) is 2. The van der Waals surface area contributed by atoms with E-state index in [1.807, 2.05) is 41.2 Å². The average Bonchev–Trinajstić information content (AvgIpc) is 3.26. The van der Waals surface area contributed by atoms with Crippen LogP contribution in [0.5, 0.6) is 5.75 Å². The maximum absolute atomic E-state index is 5.38. The van der Waals surface area contributed by atoms with Crippen LogP contribution in [0.3, 0.4) is 0 Å². The minimum atomic E-state index is 0. The highest BCUT2D eigenvalue weighted by molar-refractivity contribution is 14.0. The lowest BCUT2D eigenvalue weighted by Gasteiger charge is -2.14. The smallest absolute Gasteiger partial charge is 0.191 e. The second-order valence-corrected chi connectivity index (χ2v) is 6.03. The van der Waals surface area contributed by atoms with Crippen molar-refractivity contribution in [1.29, 1.82) is 0 Å². The van der Waals surface area contributed by atoms with Gasteiger partial charge in [0.2, 0.25) is 0 Å². The average molecular weight is 491 g/mol. The van der Waals surface area contributed by atoms with Crippen LogP contribution in [-0.4, -0.2) is 36.4 Å². The number of halogens is 1. The molecule has 0 amide bonds. The fraction of sp³-hybridized carbons (Fsp3) is 0.238. The quantitative estimate of drug-likeness (QED) is 0.302. The van der Waals surface area contributed by atoms with Gasteiger partial charge in [-0.1, -0.05) is 30.3 Å². The summed E-state index contributed by atoms with van der Waals surface area (Å²) in [6.45, 7) is 1.45. The molecule has 0 radical (unpaired) electrons. The highest BCUT2D eigenvalue weighted by atomic mass is 127. The van der Waals surface area contributed by atoms with E-state index < -0.39 is 0 Å². The summed E-state index contributed by atoms with van der Waals surface area (Å²) in [5.74, 6) is 1.65. The van der Waals surface area contributed by atoms with Crippen molar-refractivity contribution in [1.82, 2.24) is 20.4 Å². The molecule has 0 fully saturated rings. The van der Waals surface area contributed by atoms with E-state index in [0.29, 0.717) is 6.54 Å². The van der Waals surface area contributed by atoms with Crippen LogP contribution in [0.25, 0.3) is 5.69 Å². The van der Waals surface area contributed by atoms with Crippen molar-refractivity contribution in [3.63, 3.8) is 0 Å². The molecule has 7 heteroatoms. The fourth-order valence-corrected chi connectivity index (χ4v) is 2.81. The Kier molecular flexibility index (Phi) is 8.80. The molecule has 2 aromatic carbocycles. The van der Waals surface area contributed by atoms with E-state index >= 15 is 0 Å². The minimum absolute atomic E-state index is 0. The Hall–Kier alpha value is -2.55. The maximum atomic E-state index is 5.38. The molecule has 0 saturated heterocycles. The number of aliphatic imine (C=N–C) groups is 1. The molecule has 2 N–H and O–H groups in total. The Labute approximate surface area is 183 Å². The van der Waals surface area contributed by atoms with E-state index in [1.54, 1.807) is 20.4 Å². The number of hydrogen-bond acceptors (Lipinski definition) is 3. The van der Waals surface area contributed by atoms with Gasteiger partial charge in [0.25, 0.3) is 0 Å². The van der Waals surface area contributed by atoms with Crippen molar-refractivity contribution in [2.45, 2.75) is 13.0 Å². The van der Waals surface area contributed by atoms with Crippen LogP contribution in [0.15, 0.2) is 72.0 Å². The van der Waals surface area contributed by atoms with Gasteiger partial charge in [-0.05, 0) is 36.2 Å². The van der Waals surface area contributed by atoms with E-state index in [9.17, 15) is 0 Å². The lowest BCUT2D eigenvalue weighted by molar-refractivity contribution is 0.409. The topological polar surface area (TPSA) is 63.5 Å². The van der Waals surface area contributed by atoms with Crippen molar-refractivity contribution in [2.24, 2.45) is 4.99 Å². The van der Waals surface area contributed by atoms with Gasteiger partial charge in [0, 0.05) is 38.1 Å². The van der Waals surface area contributed by atoms with Crippen molar-refractivity contribution in [3.8, 4) is 11.4 Å². The van der Waals surface area contributed by atoms with Gasteiger partial charge in [-0.2, -0.15) is 5.10 Å². The molecule has 1 heterocycles. The van der Waals surface area contributed by atoms with Gasteiger partial charge < -0.3 is 15.4 Å². The van der Waals surface area contributed by atoms with Crippen LogP contribution in [0, 0.1) is 0 Å². The molecular weight excluding hydrogens is 465 g/mol. The van der Waals surface area contributed by atoms with Crippen LogP contribution < -0.4 is 15.4 Å². The van der Waals surface area contributed by atoms with E-state index in [4.69, 9.17) is 4.74 Å². The lowest BCUT2D eigenvalue weighted by Crippen LogP contribution is -2.37. The number of aromatic nitrogens is 2. The molecule has 1 aromatic heterocycles. The number of para-hydroxylation sites is 1. The first-order valence-corrected chi connectivity index (χ1v) is 8.95. The van der Waals surface area contributed by atoms with E-state index in [-0.39, 0.29) is 24.0 Å². The van der Waals surface area contributed by atoms with Gasteiger partial charge >= 0.3 is 0 Å². The number of ether oxygens (including phenoxy) is 1. The number of rotatable bonds is 7. The number of benzene rings is 2. The summed E-state index contributed by atoms with van der Waals surface area (Å²) in [4.78, 5) is 4.28. The number of hydrogen-bond donors (Lipinski definition) is 2. The zero-order valence-electron chi connectivity index (χ0n) is 16.1. The first kappa shape index (κ1) is 21.7. The molecule has 0 aliphatic carbocycles. The van der Waals surface area contributed by atoms with Crippen molar-refractivity contribution < 1.29 is 4.74 Å². The molecule has 28 heavy (non-hydrogen) atoms. The van der Waals surface area contributed by atoms with Crippen molar-refractivity contribution >= 4 is 29.9 Å². The van der Waals surface area contributed by atoms with Gasteiger partial charge in [0.1, 0.15) is 5.75 Å². The normalized spacial score (nSPS) is 10.9. The van der Waals surface area contributed by atoms with Gasteiger partial charge in [-0.25, -0.2) is 4.68 Å². The van der Waals surface area contributed by atoms with Crippen LogP contribution in [0.1, 0.15) is 11.1 Å². The number of methoxy groups -OCH3 is 1. The van der Waals surface area contributed by atoms with Gasteiger partial charge in [0.15, 0.2) is 5.96 Å². The first-order chi connectivity index (χ1) is 13.3. The second kappa shape index (κ2) is 11.3. The number of nitrogens with zero attached hydrogens (tertiary/aromatic N) is 3. The Morgan fingerprint density at radius 3 is 2.54 bits per heavy atom. The van der Waals surface area contributed by atoms with Crippen LogP contribution >= 0.6 is 24.0 Å². The largest absolute Gasteiger partial charge is 0.496 e.